The van der Waals surface area contributed by atoms with Gasteiger partial charge in [0.1, 0.15) is 11.1 Å². The van der Waals surface area contributed by atoms with Crippen molar-refractivity contribution < 1.29 is 50.4 Å². The summed E-state index contributed by atoms with van der Waals surface area (Å²) in [5, 5.41) is 3.09. The highest BCUT2D eigenvalue weighted by Crippen LogP contribution is 2.47. The number of carbonyl (C=O) groups is 4. The van der Waals surface area contributed by atoms with Gasteiger partial charge in [-0.15, -0.1) is 4.28 Å². The number of hydrogen-bond acceptors (Lipinski definition) is 11. The van der Waals surface area contributed by atoms with E-state index in [1.807, 2.05) is 0 Å². The largest absolute Gasteiger partial charge is 0.465 e. The maximum absolute atomic E-state index is 13.0. The summed E-state index contributed by atoms with van der Waals surface area (Å²) >= 11 is 0. The number of nitrogens with one attached hydrogen (secondary N) is 2. The highest BCUT2D eigenvalue weighted by molar-refractivity contribution is 7.81. The molecule has 0 aromatic heterocycles. The zero-order valence-corrected chi connectivity index (χ0v) is 24.5. The summed E-state index contributed by atoms with van der Waals surface area (Å²) in [5.41, 5.74) is -0.952. The van der Waals surface area contributed by atoms with Crippen LogP contribution in [0, 0.1) is 5.41 Å². The Hall–Kier alpha value is -2.69. The first-order chi connectivity index (χ1) is 18.7. The van der Waals surface area contributed by atoms with Crippen molar-refractivity contribution in [2.45, 2.75) is 89.8 Å². The minimum atomic E-state index is -4.77. The second-order valence-electron chi connectivity index (χ2n) is 11.2. The van der Waals surface area contributed by atoms with E-state index in [2.05, 4.69) is 10.8 Å². The Morgan fingerprint density at radius 2 is 1.77 bits per heavy atom. The predicted octanol–water partition coefficient (Wildman–Crippen LogP) is 1.53. The molecule has 2 atom stereocenters. The van der Waals surface area contributed by atoms with Gasteiger partial charge in [0.25, 0.3) is 5.91 Å². The lowest BCUT2D eigenvalue weighted by Gasteiger charge is -2.45. The molecular weight excluding hydrogens is 552 g/mol. The van der Waals surface area contributed by atoms with Gasteiger partial charge in [0.05, 0.1) is 31.3 Å². The van der Waals surface area contributed by atoms with E-state index in [1.54, 1.807) is 27.7 Å². The Kier molecular flexibility index (Phi) is 9.91. The maximum Gasteiger partial charge on any atom is 0.421 e. The van der Waals surface area contributed by atoms with Crippen molar-refractivity contribution >= 4 is 34.4 Å². The van der Waals surface area contributed by atoms with Crippen molar-refractivity contribution in [3.63, 3.8) is 0 Å². The molecule has 0 aromatic rings. The van der Waals surface area contributed by atoms with Crippen molar-refractivity contribution in [3.8, 4) is 0 Å². The molecule has 228 valence electrons. The summed E-state index contributed by atoms with van der Waals surface area (Å²) in [5.74, 6) is -1.21. The fourth-order valence-electron chi connectivity index (χ4n) is 5.15. The number of hydroxylamine groups is 3. The molecule has 0 bridgehead atoms. The number of fused-ring (bicyclic) bond motifs is 1. The van der Waals surface area contributed by atoms with Crippen LogP contribution in [-0.2, 0) is 42.8 Å². The summed E-state index contributed by atoms with van der Waals surface area (Å²) in [6.07, 6.45) is 3.04. The summed E-state index contributed by atoms with van der Waals surface area (Å²) in [7, 11) is -3.42. The van der Waals surface area contributed by atoms with Gasteiger partial charge in [0.15, 0.2) is 0 Å². The van der Waals surface area contributed by atoms with Gasteiger partial charge in [0, 0.05) is 13.6 Å². The van der Waals surface area contributed by atoms with Crippen LogP contribution in [0.3, 0.4) is 0 Å². The van der Waals surface area contributed by atoms with Gasteiger partial charge in [-0.05, 0) is 53.4 Å². The van der Waals surface area contributed by atoms with E-state index in [4.69, 9.17) is 22.8 Å². The highest BCUT2D eigenvalue weighted by atomic mass is 32.3. The number of amides is 4. The molecule has 4 amide bonds. The Labute approximate surface area is 234 Å². The van der Waals surface area contributed by atoms with Crippen LogP contribution < -0.4 is 10.8 Å². The van der Waals surface area contributed by atoms with E-state index in [0.717, 1.165) is 24.2 Å². The van der Waals surface area contributed by atoms with Crippen LogP contribution in [0.1, 0.15) is 72.6 Å². The molecule has 15 nitrogen and oxygen atoms in total. The van der Waals surface area contributed by atoms with Crippen LogP contribution in [0.15, 0.2) is 0 Å². The van der Waals surface area contributed by atoms with E-state index in [9.17, 15) is 27.6 Å². The molecule has 1 aliphatic heterocycles. The minimum Gasteiger partial charge on any atom is -0.465 e. The van der Waals surface area contributed by atoms with Gasteiger partial charge in [-0.1, -0.05) is 19.3 Å². The summed E-state index contributed by atoms with van der Waals surface area (Å²) in [6.45, 7) is 6.44. The molecule has 0 radical (unpaired) electrons. The van der Waals surface area contributed by atoms with E-state index < -0.39 is 63.6 Å². The van der Waals surface area contributed by atoms with Crippen molar-refractivity contribution in [1.29, 1.82) is 0 Å². The van der Waals surface area contributed by atoms with Crippen LogP contribution in [0.25, 0.3) is 0 Å². The van der Waals surface area contributed by atoms with Crippen molar-refractivity contribution in [2.24, 2.45) is 5.41 Å². The molecule has 3 fully saturated rings. The molecule has 16 heteroatoms. The molecule has 2 aliphatic carbocycles. The number of carbonyl (C=O) groups excluding carboxylic acids is 4. The zero-order valence-electron chi connectivity index (χ0n) is 23.6. The lowest BCUT2D eigenvalue weighted by atomic mass is 9.71. The quantitative estimate of drug-likeness (QED) is 0.191. The van der Waals surface area contributed by atoms with Gasteiger partial charge < -0.3 is 19.7 Å². The minimum absolute atomic E-state index is 0.0402. The summed E-state index contributed by atoms with van der Waals surface area (Å²) in [6, 6.07) is -1.78. The van der Waals surface area contributed by atoms with Crippen LogP contribution in [0.5, 0.6) is 0 Å². The third kappa shape index (κ3) is 6.95. The van der Waals surface area contributed by atoms with Gasteiger partial charge in [-0.25, -0.2) is 19.3 Å². The monoisotopic (exact) mass is 592 g/mol. The first kappa shape index (κ1) is 31.8. The number of likely N-dealkylation sites (N-methyl/N-ethyl adjacent to an activating group) is 1. The number of hydrogen-bond donors (Lipinski definition) is 2. The molecule has 2 saturated carbocycles. The van der Waals surface area contributed by atoms with Crippen molar-refractivity contribution in [2.75, 3.05) is 33.4 Å². The number of nitrogens with zero attached hydrogens (tertiary/aromatic N) is 2. The van der Waals surface area contributed by atoms with E-state index >= 15 is 0 Å². The third-order valence-corrected chi connectivity index (χ3v) is 8.06. The molecule has 0 unspecified atom stereocenters. The highest BCUT2D eigenvalue weighted by Gasteiger charge is 2.67. The second kappa shape index (κ2) is 12.4. The number of ether oxygens (including phenoxy) is 2. The molecule has 0 aromatic carbocycles. The molecular formula is C24H40N4O11S. The lowest BCUT2D eigenvalue weighted by molar-refractivity contribution is -0.161. The van der Waals surface area contributed by atoms with Gasteiger partial charge in [-0.2, -0.15) is 13.5 Å². The van der Waals surface area contributed by atoms with Gasteiger partial charge in [0.2, 0.25) is 0 Å². The molecule has 1 heterocycles. The van der Waals surface area contributed by atoms with Gasteiger partial charge >= 0.3 is 28.5 Å². The Bertz CT molecular complexity index is 1070. The molecule has 0 spiro atoms. The smallest absolute Gasteiger partial charge is 0.421 e. The zero-order chi connectivity index (χ0) is 29.8. The molecule has 1 saturated heterocycles. The molecule has 3 aliphatic rings. The Morgan fingerprint density at radius 3 is 2.35 bits per heavy atom. The summed E-state index contributed by atoms with van der Waals surface area (Å²) < 4.78 is 45.9. The topological polar surface area (TPSA) is 179 Å². The Morgan fingerprint density at radius 1 is 1.10 bits per heavy atom. The maximum atomic E-state index is 13.0. The van der Waals surface area contributed by atoms with Crippen molar-refractivity contribution in [3.05, 3.63) is 0 Å². The third-order valence-electron chi connectivity index (χ3n) is 7.31. The molecule has 40 heavy (non-hydrogen) atoms. The van der Waals surface area contributed by atoms with Crippen LogP contribution in [-0.4, -0.2) is 93.0 Å². The van der Waals surface area contributed by atoms with E-state index in [-0.39, 0.29) is 32.6 Å². The first-order valence-electron chi connectivity index (χ1n) is 13.4. The van der Waals surface area contributed by atoms with Gasteiger partial charge in [-0.3, -0.25) is 14.4 Å². The fourth-order valence-corrected chi connectivity index (χ4v) is 5.93. The second-order valence-corrected chi connectivity index (χ2v) is 12.4. The normalized spacial score (nSPS) is 24.1. The standard InChI is InChI=1S/C24H40N4O11S/c1-6-35-19(30)23(11-8-7-9-12-23)16-37-40(33,34)39-28-17-10-13-24(17,27(5)21(28)32)18(29)26-36-15-14-25-20(31)38-22(2,3)4/h17H,6-16H2,1-5H3,(H,25,31)(H,26,29)/t17-,24+/m1/s1. The van der Waals surface area contributed by atoms with Crippen LogP contribution in [0.4, 0.5) is 9.59 Å². The van der Waals surface area contributed by atoms with Crippen LogP contribution >= 0.6 is 0 Å². The fraction of sp³-hybridized carbons (Fsp3) is 0.833. The number of alkyl carbamates (subject to hydrolysis) is 1. The van der Waals surface area contributed by atoms with E-state index in [0.29, 0.717) is 17.9 Å². The molecule has 3 rings (SSSR count). The van der Waals surface area contributed by atoms with Crippen molar-refractivity contribution in [1.82, 2.24) is 20.8 Å². The first-order valence-corrected chi connectivity index (χ1v) is 14.7. The summed E-state index contributed by atoms with van der Waals surface area (Å²) in [4.78, 5) is 56.5. The number of esters is 1. The number of rotatable bonds is 12. The molecule has 2 N–H and O–H groups in total. The average Bonchev–Trinajstić information content (AvgIpc) is 2.98. The number of urea groups is 1. The SMILES string of the molecule is CCOC(=O)C1(COS(=O)(=O)ON2C(=O)N(C)[C@@]3(C(=O)NOCCNC(=O)OC(C)(C)C)CC[C@@H]23)CCCCC1. The Balaban J connectivity index is 1.56. The van der Waals surface area contributed by atoms with E-state index in [1.165, 1.54) is 7.05 Å². The lowest BCUT2D eigenvalue weighted by Crippen LogP contribution is -2.67. The predicted molar refractivity (Wildman–Crippen MR) is 137 cm³/mol. The van der Waals surface area contributed by atoms with Crippen LogP contribution in [0.2, 0.25) is 0 Å². The average molecular weight is 593 g/mol.